The quantitative estimate of drug-likeness (QED) is 0.153. The van der Waals surface area contributed by atoms with Crippen molar-refractivity contribution in [3.05, 3.63) is 117 Å². The molecular weight excluding hydrogens is 526 g/mol. The van der Waals surface area contributed by atoms with Gasteiger partial charge in [0, 0.05) is 10.0 Å². The highest BCUT2D eigenvalue weighted by atomic mass is 79.9. The highest BCUT2D eigenvalue weighted by molar-refractivity contribution is 9.10. The van der Waals surface area contributed by atoms with Crippen molar-refractivity contribution in [3.8, 4) is 5.75 Å². The van der Waals surface area contributed by atoms with Gasteiger partial charge >= 0.3 is 5.97 Å². The Balaban J connectivity index is 1.42. The molecule has 1 fully saturated rings. The van der Waals surface area contributed by atoms with Crippen LogP contribution in [0.15, 0.2) is 100 Å². The van der Waals surface area contributed by atoms with Gasteiger partial charge in [-0.15, -0.1) is 0 Å². The Labute approximate surface area is 214 Å². The summed E-state index contributed by atoms with van der Waals surface area (Å²) in [6, 6.07) is 27.5. The summed E-state index contributed by atoms with van der Waals surface area (Å²) in [7, 11) is 0. The van der Waals surface area contributed by atoms with Crippen LogP contribution in [-0.4, -0.2) is 22.0 Å². The molecule has 0 aromatic heterocycles. The van der Waals surface area contributed by atoms with Crippen LogP contribution >= 0.6 is 27.7 Å². The van der Waals surface area contributed by atoms with Crippen LogP contribution in [0.2, 0.25) is 0 Å². The van der Waals surface area contributed by atoms with E-state index in [0.29, 0.717) is 16.9 Å². The van der Waals surface area contributed by atoms with Crippen molar-refractivity contribution in [1.29, 1.82) is 0 Å². The maximum atomic E-state index is 13.2. The van der Waals surface area contributed by atoms with Crippen LogP contribution in [0.5, 0.6) is 5.75 Å². The maximum Gasteiger partial charge on any atom is 0.343 e. The molecule has 1 saturated heterocycles. The average Bonchev–Trinajstić information content (AvgIpc) is 3.13. The van der Waals surface area contributed by atoms with Crippen LogP contribution in [0.1, 0.15) is 21.5 Å². The minimum Gasteiger partial charge on any atom is -0.422 e. The molecule has 5 rings (SSSR count). The zero-order valence-electron chi connectivity index (χ0n) is 18.3. The first-order chi connectivity index (χ1) is 17.0. The van der Waals surface area contributed by atoms with Crippen LogP contribution in [-0.2, 0) is 11.3 Å². The first-order valence-electron chi connectivity index (χ1n) is 10.8. The van der Waals surface area contributed by atoms with E-state index in [-0.39, 0.29) is 22.6 Å². The van der Waals surface area contributed by atoms with E-state index in [2.05, 4.69) is 15.9 Å². The molecule has 0 aliphatic carbocycles. The molecule has 5 nitrogen and oxygen atoms in total. The number of nitrogens with zero attached hydrogens (tertiary/aromatic N) is 1. The summed E-state index contributed by atoms with van der Waals surface area (Å²) >= 11 is 4.30. The van der Waals surface area contributed by atoms with Gasteiger partial charge in [-0.2, -0.15) is 0 Å². The van der Waals surface area contributed by atoms with E-state index < -0.39 is 5.97 Å². The van der Waals surface area contributed by atoms with E-state index in [1.54, 1.807) is 48.5 Å². The zero-order valence-corrected chi connectivity index (χ0v) is 20.7. The summed E-state index contributed by atoms with van der Waals surface area (Å²) in [5, 5.41) is 1.71. The molecule has 0 spiro atoms. The SMILES string of the molecule is O=C(Oc1ccc(Br)cc1/C=C1\SC(=O)N(Cc2cccc3ccccc23)C1=O)c1ccccc1. The first-order valence-corrected chi connectivity index (χ1v) is 12.4. The van der Waals surface area contributed by atoms with Crippen molar-refractivity contribution in [2.75, 3.05) is 0 Å². The second-order valence-electron chi connectivity index (χ2n) is 7.84. The summed E-state index contributed by atoms with van der Waals surface area (Å²) in [5.41, 5.74) is 1.82. The van der Waals surface area contributed by atoms with Crippen molar-refractivity contribution >= 4 is 61.7 Å². The number of hydrogen-bond donors (Lipinski definition) is 0. The van der Waals surface area contributed by atoms with E-state index in [4.69, 9.17) is 4.74 Å². The van der Waals surface area contributed by atoms with Gasteiger partial charge in [-0.05, 0) is 64.5 Å². The van der Waals surface area contributed by atoms with Crippen LogP contribution in [0.3, 0.4) is 0 Å². The second kappa shape index (κ2) is 9.90. The molecule has 4 aromatic carbocycles. The Bertz CT molecular complexity index is 1490. The fraction of sp³-hybridized carbons (Fsp3) is 0.0357. The monoisotopic (exact) mass is 543 g/mol. The Morgan fingerprint density at radius 1 is 0.914 bits per heavy atom. The Morgan fingerprint density at radius 3 is 2.49 bits per heavy atom. The van der Waals surface area contributed by atoms with Crippen LogP contribution < -0.4 is 4.74 Å². The Kier molecular flexibility index (Phi) is 6.53. The third kappa shape index (κ3) is 4.92. The lowest BCUT2D eigenvalue weighted by Gasteiger charge is -2.14. The molecular formula is C28H18BrNO4S. The molecule has 0 atom stereocenters. The molecule has 0 N–H and O–H groups in total. The maximum absolute atomic E-state index is 13.2. The molecule has 2 amide bonds. The predicted molar refractivity (Wildman–Crippen MR) is 141 cm³/mol. The molecule has 7 heteroatoms. The number of thioether (sulfide) groups is 1. The fourth-order valence-electron chi connectivity index (χ4n) is 3.84. The number of ether oxygens (including phenoxy) is 1. The van der Waals surface area contributed by atoms with Gasteiger partial charge in [0.05, 0.1) is 17.0 Å². The van der Waals surface area contributed by atoms with Gasteiger partial charge in [0.2, 0.25) is 0 Å². The molecule has 1 aliphatic heterocycles. The highest BCUT2D eigenvalue weighted by Crippen LogP contribution is 2.36. The van der Waals surface area contributed by atoms with Gasteiger partial charge in [0.1, 0.15) is 5.75 Å². The van der Waals surface area contributed by atoms with Crippen molar-refractivity contribution in [1.82, 2.24) is 4.90 Å². The van der Waals surface area contributed by atoms with Crippen LogP contribution in [0, 0.1) is 0 Å². The summed E-state index contributed by atoms with van der Waals surface area (Å²) in [4.78, 5) is 40.1. The lowest BCUT2D eigenvalue weighted by Crippen LogP contribution is -2.27. The predicted octanol–water partition coefficient (Wildman–Crippen LogP) is 7.06. The van der Waals surface area contributed by atoms with E-state index >= 15 is 0 Å². The number of imide groups is 1. The molecule has 0 saturated carbocycles. The van der Waals surface area contributed by atoms with Gasteiger partial charge in [0.15, 0.2) is 0 Å². The fourth-order valence-corrected chi connectivity index (χ4v) is 5.04. The summed E-state index contributed by atoms with van der Waals surface area (Å²) < 4.78 is 6.35. The third-order valence-corrected chi connectivity index (χ3v) is 6.95. The number of benzene rings is 4. The lowest BCUT2D eigenvalue weighted by molar-refractivity contribution is -0.123. The lowest BCUT2D eigenvalue weighted by atomic mass is 10.0. The number of amides is 2. The number of carbonyl (C=O) groups is 3. The number of esters is 1. The minimum absolute atomic E-state index is 0.178. The normalized spacial score (nSPS) is 14.7. The van der Waals surface area contributed by atoms with Crippen LogP contribution in [0.4, 0.5) is 4.79 Å². The topological polar surface area (TPSA) is 63.7 Å². The molecule has 0 unspecified atom stereocenters. The molecule has 35 heavy (non-hydrogen) atoms. The van der Waals surface area contributed by atoms with Crippen molar-refractivity contribution in [2.24, 2.45) is 0 Å². The van der Waals surface area contributed by atoms with E-state index in [1.807, 2.05) is 48.5 Å². The van der Waals surface area contributed by atoms with E-state index in [0.717, 1.165) is 32.6 Å². The van der Waals surface area contributed by atoms with Crippen molar-refractivity contribution in [2.45, 2.75) is 6.54 Å². The van der Waals surface area contributed by atoms with Gasteiger partial charge < -0.3 is 4.74 Å². The number of hydrogen-bond acceptors (Lipinski definition) is 5. The number of halogens is 1. The molecule has 0 bridgehead atoms. The van der Waals surface area contributed by atoms with Crippen molar-refractivity contribution < 1.29 is 19.1 Å². The van der Waals surface area contributed by atoms with Crippen LogP contribution in [0.25, 0.3) is 16.8 Å². The van der Waals surface area contributed by atoms with E-state index in [9.17, 15) is 14.4 Å². The molecule has 172 valence electrons. The van der Waals surface area contributed by atoms with Gasteiger partial charge in [-0.1, -0.05) is 76.6 Å². The average molecular weight is 544 g/mol. The number of carbonyl (C=O) groups excluding carboxylic acids is 3. The minimum atomic E-state index is -0.508. The Hall–Kier alpha value is -3.68. The zero-order chi connectivity index (χ0) is 24.4. The standard InChI is InChI=1S/C28H18BrNO4S/c29-22-13-14-24(34-27(32)19-8-2-1-3-9-19)21(15-22)16-25-26(31)30(28(33)35-25)17-20-11-6-10-18-7-4-5-12-23(18)20/h1-16H,17H2/b25-16-. The molecule has 4 aromatic rings. The molecule has 0 radical (unpaired) electrons. The largest absolute Gasteiger partial charge is 0.422 e. The smallest absolute Gasteiger partial charge is 0.343 e. The summed E-state index contributed by atoms with van der Waals surface area (Å²) in [5.74, 6) is -0.595. The van der Waals surface area contributed by atoms with Gasteiger partial charge in [-0.3, -0.25) is 14.5 Å². The van der Waals surface area contributed by atoms with Gasteiger partial charge in [0.25, 0.3) is 11.1 Å². The van der Waals surface area contributed by atoms with E-state index in [1.165, 1.54) is 4.90 Å². The molecule has 1 heterocycles. The number of fused-ring (bicyclic) bond motifs is 1. The molecule has 1 aliphatic rings. The summed E-state index contributed by atoms with van der Waals surface area (Å²) in [6.07, 6.45) is 1.59. The first kappa shape index (κ1) is 23.1. The highest BCUT2D eigenvalue weighted by Gasteiger charge is 2.35. The van der Waals surface area contributed by atoms with Crippen molar-refractivity contribution in [3.63, 3.8) is 0 Å². The Morgan fingerprint density at radius 2 is 1.66 bits per heavy atom. The van der Waals surface area contributed by atoms with Gasteiger partial charge in [-0.25, -0.2) is 4.79 Å². The second-order valence-corrected chi connectivity index (χ2v) is 9.75. The number of rotatable bonds is 5. The third-order valence-electron chi connectivity index (χ3n) is 5.55. The summed E-state index contributed by atoms with van der Waals surface area (Å²) in [6.45, 7) is 0.178.